The summed E-state index contributed by atoms with van der Waals surface area (Å²) in [5.41, 5.74) is 35.8. The quantitative estimate of drug-likeness (QED) is 0.0179. The molecule has 0 saturated carbocycles. The molecule has 1 heterocycles. The van der Waals surface area contributed by atoms with E-state index in [1.54, 1.807) is 72.8 Å². The van der Waals surface area contributed by atoms with Crippen molar-refractivity contribution in [1.82, 2.24) is 36.8 Å². The Balaban J connectivity index is 1.56. The highest BCUT2D eigenvalue weighted by atomic mass is 16.3. The number of nitrogens with two attached hydrogens (primary N) is 6. The number of aliphatic imine (C=N–C) groups is 1. The highest BCUT2D eigenvalue weighted by molar-refractivity contribution is 5.98. The van der Waals surface area contributed by atoms with Gasteiger partial charge in [-0.2, -0.15) is 0 Å². The summed E-state index contributed by atoms with van der Waals surface area (Å²) in [6.45, 7) is 3.72. The van der Waals surface area contributed by atoms with Gasteiger partial charge in [-0.3, -0.25) is 52.9 Å². The van der Waals surface area contributed by atoms with Crippen molar-refractivity contribution >= 4 is 65.0 Å². The molecule has 3 aromatic carbocycles. The number of hydrogen-bond acceptors (Lipinski definition) is 13. The fourth-order valence-electron chi connectivity index (χ4n) is 8.82. The standard InChI is InChI=1S/C54H76N14O11/c1-31(2)27-41(66-47(73)36(55)28-34-17-19-35(69)20-18-34)50(76)67-42(30-33-13-7-4-8-14-33)51(77)64-39(22-24-45(57)71)53(79)68-26-10-16-43(68)52(78)63-38(21-23-44(56)70)49(75)62-37(15-9-25-61-54(59)60)48(74)65-40(46(58)72)29-32-11-5-3-6-12-32/h3-8,11-14,17-20,31,36-43,69H,9-10,15-16,21-30,55H2,1-2H3,(H2,56,70)(H2,57,71)(H2,58,72)(H,62,75)(H,63,78)(H,64,77)(H,65,74)(H,66,73)(H,67,76)(H4,59,60,61)/t36-,37+,38+,39+,40+,41-,42+,43+/m1/s1. The Bertz CT molecular complexity index is 2600. The summed E-state index contributed by atoms with van der Waals surface area (Å²) in [5.74, 6) is -8.33. The maximum absolute atomic E-state index is 14.6. The molecular weight excluding hydrogens is 1020 g/mol. The van der Waals surface area contributed by atoms with Gasteiger partial charge in [-0.05, 0) is 86.1 Å². The molecule has 0 aromatic heterocycles. The second-order valence-corrected chi connectivity index (χ2v) is 19.9. The number of likely N-dealkylation sites (tertiary alicyclic amines) is 1. The molecule has 1 saturated heterocycles. The third-order valence-corrected chi connectivity index (χ3v) is 13.0. The zero-order chi connectivity index (χ0) is 58.2. The summed E-state index contributed by atoms with van der Waals surface area (Å²) < 4.78 is 0. The smallest absolute Gasteiger partial charge is 0.245 e. The Morgan fingerprint density at radius 3 is 1.58 bits per heavy atom. The van der Waals surface area contributed by atoms with E-state index in [4.69, 9.17) is 34.4 Å². The minimum Gasteiger partial charge on any atom is -0.508 e. The van der Waals surface area contributed by atoms with Crippen molar-refractivity contribution < 1.29 is 53.1 Å². The zero-order valence-corrected chi connectivity index (χ0v) is 44.6. The lowest BCUT2D eigenvalue weighted by Gasteiger charge is -2.31. The van der Waals surface area contributed by atoms with Crippen LogP contribution in [0.4, 0.5) is 0 Å². The molecule has 1 aliphatic heterocycles. The van der Waals surface area contributed by atoms with E-state index in [1.165, 1.54) is 17.0 Å². The molecule has 3 aromatic rings. The number of benzene rings is 3. The van der Waals surface area contributed by atoms with Crippen LogP contribution in [0.15, 0.2) is 89.9 Å². The Kier molecular flexibility index (Phi) is 25.1. The summed E-state index contributed by atoms with van der Waals surface area (Å²) in [6, 6.07) is 13.1. The number of rotatable bonds is 32. The van der Waals surface area contributed by atoms with Gasteiger partial charge < -0.3 is 76.3 Å². The van der Waals surface area contributed by atoms with Crippen LogP contribution in [0, 0.1) is 5.92 Å². The average molecular weight is 1100 g/mol. The summed E-state index contributed by atoms with van der Waals surface area (Å²) >= 11 is 0. The van der Waals surface area contributed by atoms with Crippen LogP contribution in [-0.4, -0.2) is 136 Å². The number of nitrogens with one attached hydrogen (secondary N) is 6. The lowest BCUT2D eigenvalue weighted by atomic mass is 9.99. The number of aromatic hydroxyl groups is 1. The second kappa shape index (κ2) is 31.6. The van der Waals surface area contributed by atoms with Gasteiger partial charge in [-0.1, -0.05) is 86.6 Å². The predicted octanol–water partition coefficient (Wildman–Crippen LogP) is -2.24. The summed E-state index contributed by atoms with van der Waals surface area (Å²) in [5, 5.41) is 25.6. The van der Waals surface area contributed by atoms with Crippen LogP contribution >= 0.6 is 0 Å². The Morgan fingerprint density at radius 1 is 0.570 bits per heavy atom. The molecule has 0 radical (unpaired) electrons. The third kappa shape index (κ3) is 21.7. The highest BCUT2D eigenvalue weighted by Crippen LogP contribution is 2.21. The topological polar surface area (TPSA) is 435 Å². The molecule has 1 fully saturated rings. The van der Waals surface area contributed by atoms with Gasteiger partial charge in [0.1, 0.15) is 48.0 Å². The number of carbonyl (C=O) groups is 10. The molecule has 0 unspecified atom stereocenters. The summed E-state index contributed by atoms with van der Waals surface area (Å²) in [4.78, 5) is 141. The van der Waals surface area contributed by atoms with Crippen LogP contribution in [0.2, 0.25) is 0 Å². The number of nitrogens with zero attached hydrogens (tertiary/aromatic N) is 2. The molecule has 1 aliphatic rings. The maximum Gasteiger partial charge on any atom is 0.245 e. The van der Waals surface area contributed by atoms with E-state index in [9.17, 15) is 53.1 Å². The van der Waals surface area contributed by atoms with Gasteiger partial charge in [-0.15, -0.1) is 0 Å². The van der Waals surface area contributed by atoms with Crippen LogP contribution in [0.3, 0.4) is 0 Å². The Morgan fingerprint density at radius 2 is 1.04 bits per heavy atom. The first kappa shape index (κ1) is 62.9. The van der Waals surface area contributed by atoms with Gasteiger partial charge in [0.05, 0.1) is 6.04 Å². The van der Waals surface area contributed by atoms with Crippen molar-refractivity contribution in [2.45, 2.75) is 139 Å². The Hall–Kier alpha value is -8.61. The SMILES string of the molecule is CC(C)C[C@@H](NC(=O)[C@H](N)Cc1ccc(O)cc1)C(=O)N[C@@H](Cc1ccccc1)C(=O)N[C@@H](CCC(N)=O)C(=O)N1CCC[C@H]1C(=O)N[C@@H](CCC(N)=O)C(=O)N[C@@H](CCCN=C(N)N)C(=O)N[C@@H](Cc1ccccc1)C(N)=O. The van der Waals surface area contributed by atoms with Gasteiger partial charge in [0.15, 0.2) is 5.96 Å². The first-order valence-electron chi connectivity index (χ1n) is 26.2. The second-order valence-electron chi connectivity index (χ2n) is 19.9. The molecule has 4 rings (SSSR count). The van der Waals surface area contributed by atoms with Gasteiger partial charge >= 0.3 is 0 Å². The van der Waals surface area contributed by atoms with Crippen molar-refractivity contribution in [3.8, 4) is 5.75 Å². The molecule has 25 heteroatoms. The van der Waals surface area contributed by atoms with Crippen molar-refractivity contribution in [3.05, 3.63) is 102 Å². The fourth-order valence-corrected chi connectivity index (χ4v) is 8.82. The van der Waals surface area contributed by atoms with Crippen molar-refractivity contribution in [3.63, 3.8) is 0 Å². The van der Waals surface area contributed by atoms with Crippen molar-refractivity contribution in [2.75, 3.05) is 13.1 Å². The van der Waals surface area contributed by atoms with E-state index < -0.39 is 114 Å². The number of hydrogen-bond donors (Lipinski definition) is 13. The van der Waals surface area contributed by atoms with Crippen molar-refractivity contribution in [2.24, 2.45) is 45.3 Å². The monoisotopic (exact) mass is 1100 g/mol. The normalized spacial score (nSPS) is 15.6. The van der Waals surface area contributed by atoms with E-state index >= 15 is 0 Å². The third-order valence-electron chi connectivity index (χ3n) is 13.0. The first-order chi connectivity index (χ1) is 37.5. The van der Waals surface area contributed by atoms with E-state index in [-0.39, 0.29) is 101 Å². The van der Waals surface area contributed by atoms with Crippen LogP contribution in [0.5, 0.6) is 5.75 Å². The van der Waals surface area contributed by atoms with Crippen molar-refractivity contribution in [1.29, 1.82) is 0 Å². The molecule has 79 heavy (non-hydrogen) atoms. The average Bonchev–Trinajstić information content (AvgIpc) is 3.91. The van der Waals surface area contributed by atoms with Gasteiger partial charge in [0.2, 0.25) is 59.1 Å². The predicted molar refractivity (Wildman–Crippen MR) is 292 cm³/mol. The molecule has 428 valence electrons. The lowest BCUT2D eigenvalue weighted by Crippen LogP contribution is -2.60. The largest absolute Gasteiger partial charge is 0.508 e. The molecule has 19 N–H and O–H groups in total. The highest BCUT2D eigenvalue weighted by Gasteiger charge is 2.40. The summed E-state index contributed by atoms with van der Waals surface area (Å²) in [6.07, 6.45) is -0.779. The van der Waals surface area contributed by atoms with Crippen LogP contribution in [-0.2, 0) is 67.2 Å². The van der Waals surface area contributed by atoms with E-state index in [0.717, 1.165) is 0 Å². The van der Waals surface area contributed by atoms with Gasteiger partial charge in [0, 0.05) is 38.8 Å². The number of carbonyl (C=O) groups excluding carboxylic acids is 10. The maximum atomic E-state index is 14.6. The van der Waals surface area contributed by atoms with E-state index in [2.05, 4.69) is 36.9 Å². The van der Waals surface area contributed by atoms with Crippen LogP contribution in [0.25, 0.3) is 0 Å². The number of guanidine groups is 1. The molecule has 8 atom stereocenters. The van der Waals surface area contributed by atoms with Gasteiger partial charge in [-0.25, -0.2) is 0 Å². The lowest BCUT2D eigenvalue weighted by molar-refractivity contribution is -0.143. The van der Waals surface area contributed by atoms with Crippen LogP contribution in [0.1, 0.15) is 88.3 Å². The van der Waals surface area contributed by atoms with E-state index in [1.807, 2.05) is 13.8 Å². The van der Waals surface area contributed by atoms with Crippen LogP contribution < -0.4 is 66.3 Å². The molecular formula is C54H76N14O11. The molecule has 0 spiro atoms. The number of phenolic OH excluding ortho intramolecular Hbond substituents is 1. The molecule has 10 amide bonds. The zero-order valence-electron chi connectivity index (χ0n) is 44.6. The Labute approximate surface area is 458 Å². The fraction of sp³-hybridized carbons (Fsp3) is 0.463. The molecule has 0 bridgehead atoms. The first-order valence-corrected chi connectivity index (χ1v) is 26.2. The summed E-state index contributed by atoms with van der Waals surface area (Å²) in [7, 11) is 0. The minimum absolute atomic E-state index is 0.00426. The number of phenols is 1. The van der Waals surface area contributed by atoms with E-state index in [0.29, 0.717) is 16.7 Å². The number of primary amides is 3. The molecule has 0 aliphatic carbocycles. The molecule has 25 nitrogen and oxygen atoms in total. The number of amides is 10. The minimum atomic E-state index is -1.51. The van der Waals surface area contributed by atoms with Gasteiger partial charge in [0.25, 0.3) is 0 Å².